The fraction of sp³-hybridized carbons (Fsp3) is 0.591. The molecule has 2 aromatic rings. The molecule has 0 radical (unpaired) electrons. The molecule has 1 amide bonds. The van der Waals surface area contributed by atoms with Crippen molar-refractivity contribution >= 4 is 34.3 Å². The number of carbonyl (C=O) groups is 1. The predicted octanol–water partition coefficient (Wildman–Crippen LogP) is 3.04. The van der Waals surface area contributed by atoms with Crippen LogP contribution in [0, 0.1) is 0 Å². The Labute approximate surface area is 182 Å². The van der Waals surface area contributed by atoms with Gasteiger partial charge in [-0.1, -0.05) is 32.0 Å². The Morgan fingerprint density at radius 2 is 2.07 bits per heavy atom. The first-order valence-electron chi connectivity index (χ1n) is 10.8. The van der Waals surface area contributed by atoms with Gasteiger partial charge in [-0.25, -0.2) is 4.98 Å². The third-order valence-corrected chi connectivity index (χ3v) is 6.34. The van der Waals surface area contributed by atoms with Gasteiger partial charge in [-0.05, 0) is 38.0 Å². The number of ether oxygens (including phenoxy) is 1. The van der Waals surface area contributed by atoms with Crippen molar-refractivity contribution in [2.75, 3.05) is 37.0 Å². The van der Waals surface area contributed by atoms with Gasteiger partial charge in [0.1, 0.15) is 0 Å². The molecule has 1 aliphatic heterocycles. The van der Waals surface area contributed by atoms with Gasteiger partial charge in [-0.2, -0.15) is 0 Å². The van der Waals surface area contributed by atoms with Crippen LogP contribution in [0.2, 0.25) is 0 Å². The molecule has 2 heterocycles. The SMILES string of the molecule is CCCCn1c(SCC(=O)N[C@@H](C)CC)nc2ccc(N3CCOCC3)cc2c1=O. The highest BCUT2D eigenvalue weighted by atomic mass is 32.2. The normalized spacial score (nSPS) is 15.4. The van der Waals surface area contributed by atoms with E-state index in [1.54, 1.807) is 4.57 Å². The molecular weight excluding hydrogens is 400 g/mol. The summed E-state index contributed by atoms with van der Waals surface area (Å²) in [5.74, 6) is 0.216. The Kier molecular flexibility index (Phi) is 8.16. The number of hydrogen-bond acceptors (Lipinski definition) is 6. The van der Waals surface area contributed by atoms with E-state index in [1.807, 2.05) is 32.0 Å². The number of benzene rings is 1. The van der Waals surface area contributed by atoms with E-state index in [4.69, 9.17) is 9.72 Å². The molecule has 0 aliphatic carbocycles. The van der Waals surface area contributed by atoms with Crippen molar-refractivity contribution in [3.8, 4) is 0 Å². The third kappa shape index (κ3) is 5.55. The number of fused-ring (bicyclic) bond motifs is 1. The smallest absolute Gasteiger partial charge is 0.262 e. The van der Waals surface area contributed by atoms with Crippen LogP contribution in [0.3, 0.4) is 0 Å². The van der Waals surface area contributed by atoms with Crippen molar-refractivity contribution in [2.45, 2.75) is 57.8 Å². The second-order valence-corrected chi connectivity index (χ2v) is 8.61. The topological polar surface area (TPSA) is 76.5 Å². The maximum Gasteiger partial charge on any atom is 0.262 e. The van der Waals surface area contributed by atoms with Crippen molar-refractivity contribution in [2.24, 2.45) is 0 Å². The summed E-state index contributed by atoms with van der Waals surface area (Å²) in [6.07, 6.45) is 2.76. The molecule has 1 atom stereocenters. The predicted molar refractivity (Wildman–Crippen MR) is 123 cm³/mol. The lowest BCUT2D eigenvalue weighted by molar-refractivity contribution is -0.119. The molecule has 0 unspecified atom stereocenters. The average molecular weight is 433 g/mol. The van der Waals surface area contributed by atoms with E-state index < -0.39 is 0 Å². The summed E-state index contributed by atoms with van der Waals surface area (Å²) in [5.41, 5.74) is 1.67. The molecule has 1 saturated heterocycles. The number of carbonyl (C=O) groups excluding carboxylic acids is 1. The van der Waals surface area contributed by atoms with Crippen LogP contribution in [0.1, 0.15) is 40.0 Å². The largest absolute Gasteiger partial charge is 0.378 e. The highest BCUT2D eigenvalue weighted by Gasteiger charge is 2.17. The summed E-state index contributed by atoms with van der Waals surface area (Å²) >= 11 is 1.33. The number of nitrogens with zero attached hydrogens (tertiary/aromatic N) is 3. The molecule has 1 aromatic carbocycles. The Morgan fingerprint density at radius 1 is 1.30 bits per heavy atom. The number of unbranched alkanes of at least 4 members (excludes halogenated alkanes) is 1. The molecule has 164 valence electrons. The molecule has 7 nitrogen and oxygen atoms in total. The third-order valence-electron chi connectivity index (χ3n) is 5.37. The lowest BCUT2D eigenvalue weighted by atomic mass is 10.2. The molecule has 0 spiro atoms. The van der Waals surface area contributed by atoms with Gasteiger partial charge in [-0.15, -0.1) is 0 Å². The number of aromatic nitrogens is 2. The molecule has 3 rings (SSSR count). The van der Waals surface area contributed by atoms with Gasteiger partial charge < -0.3 is 15.0 Å². The maximum atomic E-state index is 13.3. The van der Waals surface area contributed by atoms with Gasteiger partial charge in [0.25, 0.3) is 5.56 Å². The maximum absolute atomic E-state index is 13.3. The first-order valence-corrected chi connectivity index (χ1v) is 11.8. The first kappa shape index (κ1) is 22.6. The molecule has 1 aliphatic rings. The number of anilines is 1. The highest BCUT2D eigenvalue weighted by Crippen LogP contribution is 2.23. The van der Waals surface area contributed by atoms with Crippen molar-refractivity contribution in [1.29, 1.82) is 0 Å². The fourth-order valence-corrected chi connectivity index (χ4v) is 4.22. The van der Waals surface area contributed by atoms with Crippen LogP contribution >= 0.6 is 11.8 Å². The van der Waals surface area contributed by atoms with Crippen LogP contribution in [0.15, 0.2) is 28.2 Å². The number of nitrogens with one attached hydrogen (secondary N) is 1. The molecule has 1 fully saturated rings. The second kappa shape index (κ2) is 10.8. The van der Waals surface area contributed by atoms with Crippen molar-refractivity contribution in [3.63, 3.8) is 0 Å². The standard InChI is InChI=1S/C22H32N4O3S/c1-4-6-9-26-21(28)18-14-17(25-10-12-29-13-11-25)7-8-19(18)24-22(26)30-15-20(27)23-16(3)5-2/h7-8,14,16H,4-6,9-13,15H2,1-3H3,(H,23,27)/t16-/m0/s1. The summed E-state index contributed by atoms with van der Waals surface area (Å²) in [4.78, 5) is 32.5. The van der Waals surface area contributed by atoms with E-state index >= 15 is 0 Å². The van der Waals surface area contributed by atoms with Crippen LogP contribution in [-0.2, 0) is 16.1 Å². The van der Waals surface area contributed by atoms with Crippen molar-refractivity contribution < 1.29 is 9.53 Å². The van der Waals surface area contributed by atoms with Gasteiger partial charge in [0.15, 0.2) is 5.16 Å². The van der Waals surface area contributed by atoms with E-state index in [1.165, 1.54) is 11.8 Å². The number of morpholine rings is 1. The second-order valence-electron chi connectivity index (χ2n) is 7.67. The number of hydrogen-bond donors (Lipinski definition) is 1. The van der Waals surface area contributed by atoms with Gasteiger partial charge in [-0.3, -0.25) is 14.2 Å². The molecule has 0 bridgehead atoms. The van der Waals surface area contributed by atoms with Gasteiger partial charge in [0.2, 0.25) is 5.91 Å². The molecule has 8 heteroatoms. The summed E-state index contributed by atoms with van der Waals surface area (Å²) < 4.78 is 7.17. The fourth-order valence-electron chi connectivity index (χ4n) is 3.38. The van der Waals surface area contributed by atoms with Crippen molar-refractivity contribution in [3.05, 3.63) is 28.6 Å². The van der Waals surface area contributed by atoms with E-state index in [9.17, 15) is 9.59 Å². The Bertz CT molecular complexity index is 924. The quantitative estimate of drug-likeness (QED) is 0.485. The van der Waals surface area contributed by atoms with E-state index in [0.29, 0.717) is 35.8 Å². The van der Waals surface area contributed by atoms with Crippen LogP contribution < -0.4 is 15.8 Å². The zero-order chi connectivity index (χ0) is 21.5. The monoisotopic (exact) mass is 432 g/mol. The number of thioether (sulfide) groups is 1. The number of rotatable bonds is 9. The minimum absolute atomic E-state index is 0.0339. The zero-order valence-electron chi connectivity index (χ0n) is 18.1. The minimum atomic E-state index is -0.0339. The summed E-state index contributed by atoms with van der Waals surface area (Å²) in [5, 5.41) is 4.21. The van der Waals surface area contributed by atoms with Gasteiger partial charge >= 0.3 is 0 Å². The van der Waals surface area contributed by atoms with Crippen molar-refractivity contribution in [1.82, 2.24) is 14.9 Å². The minimum Gasteiger partial charge on any atom is -0.378 e. The first-order chi connectivity index (χ1) is 14.5. The lowest BCUT2D eigenvalue weighted by Gasteiger charge is -2.29. The van der Waals surface area contributed by atoms with Gasteiger partial charge in [0.05, 0.1) is 29.9 Å². The molecule has 0 saturated carbocycles. The highest BCUT2D eigenvalue weighted by molar-refractivity contribution is 7.99. The summed E-state index contributed by atoms with van der Waals surface area (Å²) in [7, 11) is 0. The van der Waals surface area contributed by atoms with Gasteiger partial charge in [0, 0.05) is 31.4 Å². The van der Waals surface area contributed by atoms with Crippen LogP contribution in [0.4, 0.5) is 5.69 Å². The lowest BCUT2D eigenvalue weighted by Crippen LogP contribution is -2.36. The Morgan fingerprint density at radius 3 is 2.77 bits per heavy atom. The van der Waals surface area contributed by atoms with Crippen LogP contribution in [0.25, 0.3) is 10.9 Å². The number of amides is 1. The zero-order valence-corrected chi connectivity index (χ0v) is 19.0. The van der Waals surface area contributed by atoms with E-state index in [-0.39, 0.29) is 23.3 Å². The Balaban J connectivity index is 1.89. The summed E-state index contributed by atoms with van der Waals surface area (Å²) in [6, 6.07) is 6.02. The summed E-state index contributed by atoms with van der Waals surface area (Å²) in [6.45, 7) is 9.77. The molecule has 30 heavy (non-hydrogen) atoms. The van der Waals surface area contributed by atoms with E-state index in [0.717, 1.165) is 38.0 Å². The van der Waals surface area contributed by atoms with Crippen LogP contribution in [0.5, 0.6) is 0 Å². The molecule has 1 N–H and O–H groups in total. The average Bonchev–Trinajstić information content (AvgIpc) is 2.77. The van der Waals surface area contributed by atoms with E-state index in [2.05, 4.69) is 17.1 Å². The molecule has 1 aromatic heterocycles. The van der Waals surface area contributed by atoms with Crippen LogP contribution in [-0.4, -0.2) is 53.6 Å². The Hall–Kier alpha value is -2.06. The molecular formula is C22H32N4O3S.